The van der Waals surface area contributed by atoms with Gasteiger partial charge in [0.1, 0.15) is 5.82 Å². The summed E-state index contributed by atoms with van der Waals surface area (Å²) in [4.78, 5) is 4.13. The van der Waals surface area contributed by atoms with Crippen LogP contribution in [0.2, 0.25) is 0 Å². The van der Waals surface area contributed by atoms with E-state index in [1.807, 2.05) is 13.1 Å². The molecular formula is C7H10BrN3. The van der Waals surface area contributed by atoms with Gasteiger partial charge in [-0.05, 0) is 22.0 Å². The minimum absolute atomic E-state index is 0.503. The first-order valence-corrected chi connectivity index (χ1v) is 4.09. The van der Waals surface area contributed by atoms with E-state index >= 15 is 0 Å². The first-order chi connectivity index (χ1) is 5.27. The van der Waals surface area contributed by atoms with Crippen molar-refractivity contribution in [1.82, 2.24) is 4.98 Å². The molecule has 60 valence electrons. The van der Waals surface area contributed by atoms with E-state index in [1.54, 1.807) is 6.20 Å². The lowest BCUT2D eigenvalue weighted by atomic mass is 10.2. The van der Waals surface area contributed by atoms with Crippen molar-refractivity contribution >= 4 is 21.7 Å². The zero-order valence-corrected chi connectivity index (χ0v) is 7.85. The average Bonchev–Trinajstić information content (AvgIpc) is 2.04. The van der Waals surface area contributed by atoms with Gasteiger partial charge >= 0.3 is 0 Å². The van der Waals surface area contributed by atoms with E-state index in [2.05, 4.69) is 26.2 Å². The second kappa shape index (κ2) is 3.69. The molecule has 0 spiro atoms. The summed E-state index contributed by atoms with van der Waals surface area (Å²) in [5.41, 5.74) is 6.51. The van der Waals surface area contributed by atoms with Crippen LogP contribution in [0.25, 0.3) is 0 Å². The SMILES string of the molecule is CNc1ncc(Br)cc1CN. The minimum Gasteiger partial charge on any atom is -0.373 e. The maximum absolute atomic E-state index is 5.49. The predicted octanol–water partition coefficient (Wildman–Crippen LogP) is 1.34. The summed E-state index contributed by atoms with van der Waals surface area (Å²) < 4.78 is 0.956. The number of aromatic nitrogens is 1. The fourth-order valence-electron chi connectivity index (χ4n) is 0.862. The number of anilines is 1. The van der Waals surface area contributed by atoms with E-state index in [4.69, 9.17) is 5.73 Å². The van der Waals surface area contributed by atoms with Gasteiger partial charge in [-0.25, -0.2) is 4.98 Å². The fourth-order valence-corrected chi connectivity index (χ4v) is 1.24. The summed E-state index contributed by atoms with van der Waals surface area (Å²) in [6.07, 6.45) is 1.74. The lowest BCUT2D eigenvalue weighted by Gasteiger charge is -2.04. The average molecular weight is 216 g/mol. The Kier molecular flexibility index (Phi) is 2.84. The molecule has 0 aliphatic heterocycles. The molecule has 0 aromatic carbocycles. The molecule has 11 heavy (non-hydrogen) atoms. The molecule has 1 aromatic rings. The fraction of sp³-hybridized carbons (Fsp3) is 0.286. The highest BCUT2D eigenvalue weighted by Crippen LogP contribution is 2.16. The molecule has 0 aliphatic carbocycles. The van der Waals surface area contributed by atoms with E-state index in [9.17, 15) is 0 Å². The van der Waals surface area contributed by atoms with Crippen LogP contribution in [-0.2, 0) is 6.54 Å². The molecule has 1 heterocycles. The Morgan fingerprint density at radius 1 is 1.73 bits per heavy atom. The zero-order chi connectivity index (χ0) is 8.27. The minimum atomic E-state index is 0.503. The number of nitrogens with two attached hydrogens (primary N) is 1. The predicted molar refractivity (Wildman–Crippen MR) is 49.4 cm³/mol. The van der Waals surface area contributed by atoms with Crippen molar-refractivity contribution in [2.45, 2.75) is 6.54 Å². The number of rotatable bonds is 2. The number of nitrogens with zero attached hydrogens (tertiary/aromatic N) is 1. The highest BCUT2D eigenvalue weighted by atomic mass is 79.9. The Morgan fingerprint density at radius 2 is 2.45 bits per heavy atom. The first-order valence-electron chi connectivity index (χ1n) is 3.30. The summed E-state index contributed by atoms with van der Waals surface area (Å²) in [5.74, 6) is 0.843. The second-order valence-electron chi connectivity index (χ2n) is 2.12. The third-order valence-corrected chi connectivity index (χ3v) is 1.82. The van der Waals surface area contributed by atoms with Crippen LogP contribution in [-0.4, -0.2) is 12.0 Å². The van der Waals surface area contributed by atoms with Crippen LogP contribution in [0.3, 0.4) is 0 Å². The molecule has 0 atom stereocenters. The van der Waals surface area contributed by atoms with Gasteiger partial charge in [-0.15, -0.1) is 0 Å². The highest BCUT2D eigenvalue weighted by Gasteiger charge is 1.99. The van der Waals surface area contributed by atoms with Crippen LogP contribution >= 0.6 is 15.9 Å². The molecule has 0 saturated carbocycles. The number of nitrogens with one attached hydrogen (secondary N) is 1. The summed E-state index contributed by atoms with van der Waals surface area (Å²) in [5, 5.41) is 2.96. The largest absolute Gasteiger partial charge is 0.373 e. The quantitative estimate of drug-likeness (QED) is 0.784. The summed E-state index contributed by atoms with van der Waals surface area (Å²) in [6.45, 7) is 0.503. The maximum atomic E-state index is 5.49. The molecule has 0 unspecified atom stereocenters. The monoisotopic (exact) mass is 215 g/mol. The van der Waals surface area contributed by atoms with Crippen molar-refractivity contribution in [1.29, 1.82) is 0 Å². The highest BCUT2D eigenvalue weighted by molar-refractivity contribution is 9.10. The molecule has 0 fully saturated rings. The molecule has 0 radical (unpaired) electrons. The molecule has 0 saturated heterocycles. The van der Waals surface area contributed by atoms with Crippen LogP contribution < -0.4 is 11.1 Å². The van der Waals surface area contributed by atoms with Crippen molar-refractivity contribution in [3.05, 3.63) is 22.3 Å². The van der Waals surface area contributed by atoms with Crippen LogP contribution in [0.1, 0.15) is 5.56 Å². The lowest BCUT2D eigenvalue weighted by molar-refractivity contribution is 1.04. The molecule has 1 aromatic heterocycles. The molecular weight excluding hydrogens is 206 g/mol. The summed E-state index contributed by atoms with van der Waals surface area (Å²) in [7, 11) is 1.83. The van der Waals surface area contributed by atoms with Gasteiger partial charge in [0.05, 0.1) is 0 Å². The standard InChI is InChI=1S/C7H10BrN3/c1-10-7-5(3-9)2-6(8)4-11-7/h2,4H,3,9H2,1H3,(H,10,11). The third-order valence-electron chi connectivity index (χ3n) is 1.39. The number of halogens is 1. The number of hydrogen-bond acceptors (Lipinski definition) is 3. The Labute approximate surface area is 74.1 Å². The molecule has 0 bridgehead atoms. The lowest BCUT2D eigenvalue weighted by Crippen LogP contribution is -2.03. The Bertz CT molecular complexity index is 249. The van der Waals surface area contributed by atoms with Crippen molar-refractivity contribution in [2.75, 3.05) is 12.4 Å². The first kappa shape index (κ1) is 8.49. The van der Waals surface area contributed by atoms with Gasteiger partial charge in [0.25, 0.3) is 0 Å². The van der Waals surface area contributed by atoms with Crippen LogP contribution in [0.15, 0.2) is 16.7 Å². The molecule has 1 rings (SSSR count). The Balaban J connectivity index is 3.06. The van der Waals surface area contributed by atoms with Gasteiger partial charge < -0.3 is 11.1 Å². The van der Waals surface area contributed by atoms with Crippen LogP contribution in [0, 0.1) is 0 Å². The molecule has 0 aliphatic rings. The maximum Gasteiger partial charge on any atom is 0.130 e. The van der Waals surface area contributed by atoms with Crippen LogP contribution in [0.4, 0.5) is 5.82 Å². The molecule has 0 amide bonds. The molecule has 3 nitrogen and oxygen atoms in total. The van der Waals surface area contributed by atoms with E-state index in [1.165, 1.54) is 0 Å². The van der Waals surface area contributed by atoms with E-state index in [0.717, 1.165) is 15.9 Å². The number of hydrogen-bond donors (Lipinski definition) is 2. The normalized spacial score (nSPS) is 9.73. The summed E-state index contributed by atoms with van der Waals surface area (Å²) in [6, 6.07) is 1.96. The van der Waals surface area contributed by atoms with E-state index in [-0.39, 0.29) is 0 Å². The van der Waals surface area contributed by atoms with E-state index < -0.39 is 0 Å². The van der Waals surface area contributed by atoms with Crippen LogP contribution in [0.5, 0.6) is 0 Å². The van der Waals surface area contributed by atoms with Gasteiger partial charge in [-0.2, -0.15) is 0 Å². The summed E-state index contributed by atoms with van der Waals surface area (Å²) >= 11 is 3.32. The third kappa shape index (κ3) is 1.91. The van der Waals surface area contributed by atoms with E-state index in [0.29, 0.717) is 6.54 Å². The van der Waals surface area contributed by atoms with Gasteiger partial charge in [0, 0.05) is 29.8 Å². The van der Waals surface area contributed by atoms with Crippen molar-refractivity contribution in [3.63, 3.8) is 0 Å². The number of pyridine rings is 1. The Morgan fingerprint density at radius 3 is 3.00 bits per heavy atom. The van der Waals surface area contributed by atoms with Crippen molar-refractivity contribution in [3.8, 4) is 0 Å². The van der Waals surface area contributed by atoms with Gasteiger partial charge in [0.15, 0.2) is 0 Å². The second-order valence-corrected chi connectivity index (χ2v) is 3.03. The molecule has 3 N–H and O–H groups in total. The topological polar surface area (TPSA) is 50.9 Å². The zero-order valence-electron chi connectivity index (χ0n) is 6.26. The van der Waals surface area contributed by atoms with Crippen molar-refractivity contribution in [2.24, 2.45) is 5.73 Å². The smallest absolute Gasteiger partial charge is 0.130 e. The molecule has 4 heteroatoms. The van der Waals surface area contributed by atoms with Gasteiger partial charge in [-0.3, -0.25) is 0 Å². The Hall–Kier alpha value is -0.610. The van der Waals surface area contributed by atoms with Crippen molar-refractivity contribution < 1.29 is 0 Å². The van der Waals surface area contributed by atoms with Gasteiger partial charge in [-0.1, -0.05) is 0 Å². The van der Waals surface area contributed by atoms with Gasteiger partial charge in [0.2, 0.25) is 0 Å².